The van der Waals surface area contributed by atoms with Gasteiger partial charge in [-0.25, -0.2) is 10.3 Å². The van der Waals surface area contributed by atoms with Crippen LogP contribution in [0.2, 0.25) is 0 Å². The molecule has 80 valence electrons. The van der Waals surface area contributed by atoms with Crippen molar-refractivity contribution in [1.29, 1.82) is 0 Å². The number of carbonyl (C=O) groups excluding carboxylic acids is 2. The van der Waals surface area contributed by atoms with E-state index in [1.54, 1.807) is 0 Å². The van der Waals surface area contributed by atoms with Crippen molar-refractivity contribution in [3.8, 4) is 0 Å². The Bertz CT molecular complexity index is 213. The smallest absolute Gasteiger partial charge is 0.332 e. The van der Waals surface area contributed by atoms with E-state index in [0.29, 0.717) is 6.61 Å². The Kier molecular flexibility index (Phi) is 7.22. The summed E-state index contributed by atoms with van der Waals surface area (Å²) in [6, 6.07) is 0. The average molecular weight is 201 g/mol. The highest BCUT2D eigenvalue weighted by molar-refractivity contribution is 5.81. The molecule has 0 aliphatic rings. The molecule has 5 nitrogen and oxygen atoms in total. The highest BCUT2D eigenvalue weighted by atomic mass is 16.7. The van der Waals surface area contributed by atoms with Crippen LogP contribution in [0.3, 0.4) is 0 Å². The van der Waals surface area contributed by atoms with Crippen molar-refractivity contribution in [2.24, 2.45) is 0 Å². The summed E-state index contributed by atoms with van der Waals surface area (Å²) in [5.74, 6) is -0.938. The summed E-state index contributed by atoms with van der Waals surface area (Å²) >= 11 is 0. The van der Waals surface area contributed by atoms with E-state index in [1.165, 1.54) is 13.1 Å². The molecule has 0 unspecified atom stereocenters. The second-order valence-corrected chi connectivity index (χ2v) is 2.57. The number of nitrogens with one attached hydrogen (secondary N) is 1. The standard InChI is InChI=1S/C9H15NO4/c1-3-4-7-13-9(12)5-6-10-14-8(2)11/h5-6,10H,3-4,7H2,1-2H3/b6-5+. The van der Waals surface area contributed by atoms with Gasteiger partial charge in [-0.05, 0) is 6.42 Å². The Labute approximate surface area is 83.0 Å². The van der Waals surface area contributed by atoms with E-state index < -0.39 is 11.9 Å². The second kappa shape index (κ2) is 8.10. The van der Waals surface area contributed by atoms with Crippen LogP contribution in [0.5, 0.6) is 0 Å². The summed E-state index contributed by atoms with van der Waals surface area (Å²) in [5, 5.41) is 0. The molecule has 14 heavy (non-hydrogen) atoms. The lowest BCUT2D eigenvalue weighted by Crippen LogP contribution is -2.12. The van der Waals surface area contributed by atoms with E-state index in [9.17, 15) is 9.59 Å². The van der Waals surface area contributed by atoms with E-state index in [2.05, 4.69) is 10.3 Å². The van der Waals surface area contributed by atoms with E-state index in [4.69, 9.17) is 4.74 Å². The van der Waals surface area contributed by atoms with E-state index in [-0.39, 0.29) is 0 Å². The van der Waals surface area contributed by atoms with Crippen LogP contribution in [0.25, 0.3) is 0 Å². The molecule has 0 saturated heterocycles. The zero-order valence-corrected chi connectivity index (χ0v) is 8.41. The molecule has 0 bridgehead atoms. The molecule has 0 aromatic carbocycles. The van der Waals surface area contributed by atoms with Crippen molar-refractivity contribution in [2.75, 3.05) is 6.61 Å². The van der Waals surface area contributed by atoms with Crippen molar-refractivity contribution >= 4 is 11.9 Å². The number of carbonyl (C=O) groups is 2. The first-order valence-electron chi connectivity index (χ1n) is 4.43. The summed E-state index contributed by atoms with van der Waals surface area (Å²) in [6.45, 7) is 3.67. The molecule has 0 rings (SSSR count). The van der Waals surface area contributed by atoms with Gasteiger partial charge in [-0.3, -0.25) is 4.79 Å². The van der Waals surface area contributed by atoms with Crippen LogP contribution in [0.1, 0.15) is 26.7 Å². The van der Waals surface area contributed by atoms with Gasteiger partial charge in [-0.15, -0.1) is 0 Å². The molecule has 0 atom stereocenters. The molecule has 0 saturated carbocycles. The van der Waals surface area contributed by atoms with Crippen LogP contribution < -0.4 is 5.48 Å². The van der Waals surface area contributed by atoms with Crippen molar-refractivity contribution in [2.45, 2.75) is 26.7 Å². The van der Waals surface area contributed by atoms with Crippen LogP contribution in [0, 0.1) is 0 Å². The Morgan fingerprint density at radius 3 is 2.71 bits per heavy atom. The number of ether oxygens (including phenoxy) is 1. The first-order chi connectivity index (χ1) is 6.66. The molecule has 0 radical (unpaired) electrons. The zero-order valence-electron chi connectivity index (χ0n) is 8.41. The Hall–Kier alpha value is -1.52. The first kappa shape index (κ1) is 12.5. The van der Waals surface area contributed by atoms with Gasteiger partial charge in [0.15, 0.2) is 0 Å². The largest absolute Gasteiger partial charge is 0.462 e. The van der Waals surface area contributed by atoms with E-state index in [0.717, 1.165) is 18.9 Å². The third-order valence-electron chi connectivity index (χ3n) is 1.23. The van der Waals surface area contributed by atoms with Crippen molar-refractivity contribution in [1.82, 2.24) is 5.48 Å². The lowest BCUT2D eigenvalue weighted by atomic mass is 10.4. The van der Waals surface area contributed by atoms with Crippen LogP contribution in [0.4, 0.5) is 0 Å². The maximum Gasteiger partial charge on any atom is 0.332 e. The number of rotatable bonds is 6. The van der Waals surface area contributed by atoms with Crippen molar-refractivity contribution in [3.05, 3.63) is 12.3 Å². The maximum atomic E-state index is 10.9. The van der Waals surface area contributed by atoms with Gasteiger partial charge < -0.3 is 9.57 Å². The summed E-state index contributed by atoms with van der Waals surface area (Å²) in [6.07, 6.45) is 4.17. The normalized spacial score (nSPS) is 9.86. The van der Waals surface area contributed by atoms with Crippen LogP contribution in [0.15, 0.2) is 12.3 Å². The summed E-state index contributed by atoms with van der Waals surface area (Å²) in [4.78, 5) is 25.5. The molecule has 0 aromatic rings. The predicted molar refractivity (Wildman–Crippen MR) is 49.9 cm³/mol. The fourth-order valence-corrected chi connectivity index (χ4v) is 0.584. The highest BCUT2D eigenvalue weighted by Crippen LogP contribution is 1.89. The Morgan fingerprint density at radius 1 is 1.43 bits per heavy atom. The third-order valence-corrected chi connectivity index (χ3v) is 1.23. The fourth-order valence-electron chi connectivity index (χ4n) is 0.584. The Morgan fingerprint density at radius 2 is 2.14 bits per heavy atom. The number of hydroxylamine groups is 1. The minimum atomic E-state index is -0.478. The number of hydrogen-bond donors (Lipinski definition) is 1. The maximum absolute atomic E-state index is 10.9. The van der Waals surface area contributed by atoms with E-state index >= 15 is 0 Å². The minimum Gasteiger partial charge on any atom is -0.462 e. The van der Waals surface area contributed by atoms with Crippen molar-refractivity contribution in [3.63, 3.8) is 0 Å². The number of unbranched alkanes of at least 4 members (excludes halogenated alkanes) is 1. The summed E-state index contributed by atoms with van der Waals surface area (Å²) < 4.78 is 4.78. The Balaban J connectivity index is 3.45. The lowest BCUT2D eigenvalue weighted by molar-refractivity contribution is -0.146. The van der Waals surface area contributed by atoms with Gasteiger partial charge in [0.2, 0.25) is 0 Å². The molecule has 0 aliphatic carbocycles. The van der Waals surface area contributed by atoms with Gasteiger partial charge in [0.25, 0.3) is 0 Å². The number of hydrogen-bond acceptors (Lipinski definition) is 5. The topological polar surface area (TPSA) is 64.6 Å². The van der Waals surface area contributed by atoms with Crippen molar-refractivity contribution < 1.29 is 19.2 Å². The van der Waals surface area contributed by atoms with Gasteiger partial charge in [-0.1, -0.05) is 13.3 Å². The number of esters is 1. The average Bonchev–Trinajstić information content (AvgIpc) is 2.13. The minimum absolute atomic E-state index is 0.410. The molecular formula is C9H15NO4. The lowest BCUT2D eigenvalue weighted by Gasteiger charge is -1.99. The molecular weight excluding hydrogens is 186 g/mol. The molecule has 0 spiro atoms. The molecule has 0 aromatic heterocycles. The SMILES string of the molecule is CCCCOC(=O)/C=C/NOC(C)=O. The molecule has 0 fully saturated rings. The van der Waals surface area contributed by atoms with Gasteiger partial charge in [-0.2, -0.15) is 0 Å². The first-order valence-corrected chi connectivity index (χ1v) is 4.43. The second-order valence-electron chi connectivity index (χ2n) is 2.57. The van der Waals surface area contributed by atoms with Crippen LogP contribution >= 0.6 is 0 Å². The third kappa shape index (κ3) is 8.58. The monoisotopic (exact) mass is 201 g/mol. The molecule has 0 heterocycles. The van der Waals surface area contributed by atoms with Gasteiger partial charge in [0.1, 0.15) is 0 Å². The zero-order chi connectivity index (χ0) is 10.8. The van der Waals surface area contributed by atoms with Crippen LogP contribution in [-0.2, 0) is 19.2 Å². The van der Waals surface area contributed by atoms with Crippen LogP contribution in [-0.4, -0.2) is 18.5 Å². The summed E-state index contributed by atoms with van der Waals surface area (Å²) in [5.41, 5.74) is 2.18. The fraction of sp³-hybridized carbons (Fsp3) is 0.556. The molecule has 1 N–H and O–H groups in total. The van der Waals surface area contributed by atoms with Gasteiger partial charge >= 0.3 is 11.9 Å². The highest BCUT2D eigenvalue weighted by Gasteiger charge is 1.95. The van der Waals surface area contributed by atoms with Gasteiger partial charge in [0.05, 0.1) is 6.61 Å². The van der Waals surface area contributed by atoms with Gasteiger partial charge in [0, 0.05) is 19.2 Å². The quantitative estimate of drug-likeness (QED) is 0.299. The molecule has 5 heteroatoms. The predicted octanol–water partition coefficient (Wildman–Crippen LogP) is 0.911. The van der Waals surface area contributed by atoms with E-state index in [1.807, 2.05) is 6.92 Å². The molecule has 0 amide bonds. The summed E-state index contributed by atoms with van der Waals surface area (Å²) in [7, 11) is 0. The molecule has 0 aliphatic heterocycles.